The molecular formula is C25H30N2O5. The van der Waals surface area contributed by atoms with Crippen molar-refractivity contribution < 1.29 is 24.2 Å². The Balaban J connectivity index is 1.65. The predicted octanol–water partition coefficient (Wildman–Crippen LogP) is 3.92. The van der Waals surface area contributed by atoms with E-state index < -0.39 is 29.6 Å². The van der Waals surface area contributed by atoms with E-state index in [9.17, 15) is 14.4 Å². The largest absolute Gasteiger partial charge is 0.481 e. The molecule has 7 heteroatoms. The van der Waals surface area contributed by atoms with Crippen molar-refractivity contribution in [3.8, 4) is 11.1 Å². The van der Waals surface area contributed by atoms with Crippen molar-refractivity contribution in [2.75, 3.05) is 6.61 Å². The van der Waals surface area contributed by atoms with Gasteiger partial charge >= 0.3 is 12.1 Å². The number of amides is 2. The van der Waals surface area contributed by atoms with Gasteiger partial charge in [0, 0.05) is 11.5 Å². The lowest BCUT2D eigenvalue weighted by atomic mass is 9.97. The summed E-state index contributed by atoms with van der Waals surface area (Å²) in [6, 6.07) is 15.3. The summed E-state index contributed by atoms with van der Waals surface area (Å²) in [5.74, 6) is -1.74. The molecule has 0 aromatic heterocycles. The van der Waals surface area contributed by atoms with E-state index in [1.807, 2.05) is 36.4 Å². The minimum absolute atomic E-state index is 0.0750. The fourth-order valence-corrected chi connectivity index (χ4v) is 4.14. The number of hydrogen-bond acceptors (Lipinski definition) is 4. The quantitative estimate of drug-likeness (QED) is 0.579. The summed E-state index contributed by atoms with van der Waals surface area (Å²) in [4.78, 5) is 36.3. The maximum Gasteiger partial charge on any atom is 0.407 e. The average Bonchev–Trinajstić information content (AvgIpc) is 3.02. The summed E-state index contributed by atoms with van der Waals surface area (Å²) in [5.41, 5.74) is 3.54. The molecule has 2 aromatic carbocycles. The highest BCUT2D eigenvalue weighted by atomic mass is 16.5. The summed E-state index contributed by atoms with van der Waals surface area (Å²) in [7, 11) is 0. The third kappa shape index (κ3) is 5.28. The van der Waals surface area contributed by atoms with E-state index in [0.29, 0.717) is 0 Å². The van der Waals surface area contributed by atoms with Crippen molar-refractivity contribution in [1.29, 1.82) is 0 Å². The van der Waals surface area contributed by atoms with Crippen LogP contribution in [0, 0.1) is 5.92 Å². The van der Waals surface area contributed by atoms with Crippen LogP contribution in [0.25, 0.3) is 11.1 Å². The van der Waals surface area contributed by atoms with Crippen LogP contribution in [-0.4, -0.2) is 41.3 Å². The molecule has 1 unspecified atom stereocenters. The molecule has 3 N–H and O–H groups in total. The zero-order valence-corrected chi connectivity index (χ0v) is 18.8. The monoisotopic (exact) mass is 438 g/mol. The van der Waals surface area contributed by atoms with E-state index in [0.717, 1.165) is 22.3 Å². The zero-order valence-electron chi connectivity index (χ0n) is 18.8. The van der Waals surface area contributed by atoms with Gasteiger partial charge in [-0.3, -0.25) is 9.59 Å². The number of fused-ring (bicyclic) bond motifs is 3. The van der Waals surface area contributed by atoms with Gasteiger partial charge < -0.3 is 20.5 Å². The van der Waals surface area contributed by atoms with Gasteiger partial charge in [0.2, 0.25) is 5.91 Å². The first kappa shape index (κ1) is 23.3. The van der Waals surface area contributed by atoms with E-state index in [-0.39, 0.29) is 24.9 Å². The third-order valence-corrected chi connectivity index (χ3v) is 5.62. The Bertz CT molecular complexity index is 969. The summed E-state index contributed by atoms with van der Waals surface area (Å²) < 4.78 is 5.54. The number of alkyl carbamates (subject to hydrolysis) is 1. The van der Waals surface area contributed by atoms with Crippen molar-refractivity contribution in [2.45, 2.75) is 51.6 Å². The van der Waals surface area contributed by atoms with Crippen LogP contribution in [-0.2, 0) is 14.3 Å². The Labute approximate surface area is 188 Å². The molecule has 0 spiro atoms. The maximum atomic E-state index is 12.7. The minimum atomic E-state index is -1.01. The first-order valence-corrected chi connectivity index (χ1v) is 10.7. The normalized spacial score (nSPS) is 13.8. The molecular weight excluding hydrogens is 408 g/mol. The zero-order chi connectivity index (χ0) is 23.5. The number of benzene rings is 2. The summed E-state index contributed by atoms with van der Waals surface area (Å²) in [6.07, 6.45) is -0.911. The molecule has 0 bridgehead atoms. The molecule has 170 valence electrons. The standard InChI is InChI=1S/C25H30N2O5/c1-15(2)22(23(30)27-25(3,4)13-21(28)29)26-24(31)32-14-20-18-11-7-5-9-16(18)17-10-6-8-12-19(17)20/h5-12,15,20,22H,13-14H2,1-4H3,(H,26,31)(H,27,30)(H,28,29). The minimum Gasteiger partial charge on any atom is -0.481 e. The molecule has 0 saturated heterocycles. The van der Waals surface area contributed by atoms with Gasteiger partial charge in [0.05, 0.1) is 6.42 Å². The molecule has 3 rings (SSSR count). The number of carbonyl (C=O) groups is 3. The van der Waals surface area contributed by atoms with Crippen molar-refractivity contribution in [3.05, 3.63) is 59.7 Å². The van der Waals surface area contributed by atoms with Crippen LogP contribution in [0.1, 0.15) is 51.2 Å². The molecule has 1 aliphatic rings. The van der Waals surface area contributed by atoms with Crippen molar-refractivity contribution in [3.63, 3.8) is 0 Å². The summed E-state index contributed by atoms with van der Waals surface area (Å²) >= 11 is 0. The van der Waals surface area contributed by atoms with Crippen LogP contribution in [0.3, 0.4) is 0 Å². The SMILES string of the molecule is CC(C)C(NC(=O)OCC1c2ccccc2-c2ccccc21)C(=O)NC(C)(C)CC(=O)O. The summed E-state index contributed by atoms with van der Waals surface area (Å²) in [6.45, 7) is 7.01. The number of carbonyl (C=O) groups excluding carboxylic acids is 2. The molecule has 0 radical (unpaired) electrons. The van der Waals surface area contributed by atoms with Gasteiger partial charge in [-0.25, -0.2) is 4.79 Å². The Kier molecular flexibility index (Phi) is 6.87. The average molecular weight is 439 g/mol. The van der Waals surface area contributed by atoms with Crippen LogP contribution in [0.5, 0.6) is 0 Å². The number of aliphatic carboxylic acids is 1. The second-order valence-corrected chi connectivity index (χ2v) is 9.14. The van der Waals surface area contributed by atoms with Crippen LogP contribution >= 0.6 is 0 Å². The second kappa shape index (κ2) is 9.42. The molecule has 0 aliphatic heterocycles. The van der Waals surface area contributed by atoms with Gasteiger partial charge in [-0.05, 0) is 42.0 Å². The number of nitrogens with one attached hydrogen (secondary N) is 2. The number of ether oxygens (including phenoxy) is 1. The highest BCUT2D eigenvalue weighted by Gasteiger charge is 2.32. The van der Waals surface area contributed by atoms with E-state index in [1.54, 1.807) is 27.7 Å². The molecule has 2 aromatic rings. The van der Waals surface area contributed by atoms with Gasteiger partial charge in [0.25, 0.3) is 0 Å². The molecule has 0 heterocycles. The molecule has 2 amide bonds. The van der Waals surface area contributed by atoms with Gasteiger partial charge in [-0.1, -0.05) is 62.4 Å². The van der Waals surface area contributed by atoms with Crippen LogP contribution in [0.15, 0.2) is 48.5 Å². The first-order chi connectivity index (χ1) is 15.1. The molecule has 32 heavy (non-hydrogen) atoms. The van der Waals surface area contributed by atoms with Crippen molar-refractivity contribution in [2.24, 2.45) is 5.92 Å². The Morgan fingerprint density at radius 2 is 1.53 bits per heavy atom. The lowest BCUT2D eigenvalue weighted by Gasteiger charge is -2.29. The lowest BCUT2D eigenvalue weighted by Crippen LogP contribution is -2.55. The van der Waals surface area contributed by atoms with Crippen molar-refractivity contribution >= 4 is 18.0 Å². The molecule has 1 atom stereocenters. The smallest absolute Gasteiger partial charge is 0.407 e. The molecule has 7 nitrogen and oxygen atoms in total. The lowest BCUT2D eigenvalue weighted by molar-refractivity contribution is -0.138. The van der Waals surface area contributed by atoms with E-state index in [4.69, 9.17) is 9.84 Å². The fraction of sp³-hybridized carbons (Fsp3) is 0.400. The molecule has 1 aliphatic carbocycles. The molecule has 0 saturated carbocycles. The van der Waals surface area contributed by atoms with E-state index in [2.05, 4.69) is 22.8 Å². The van der Waals surface area contributed by atoms with Gasteiger partial charge in [0.15, 0.2) is 0 Å². The number of carboxylic acid groups (broad SMARTS) is 1. The number of carboxylic acids is 1. The molecule has 0 fully saturated rings. The van der Waals surface area contributed by atoms with Crippen molar-refractivity contribution in [1.82, 2.24) is 10.6 Å². The fourth-order valence-electron chi connectivity index (χ4n) is 4.14. The Hall–Kier alpha value is -3.35. The van der Waals surface area contributed by atoms with Gasteiger partial charge in [-0.15, -0.1) is 0 Å². The number of rotatable bonds is 8. The second-order valence-electron chi connectivity index (χ2n) is 9.14. The van der Waals surface area contributed by atoms with Crippen LogP contribution in [0.4, 0.5) is 4.79 Å². The maximum absolute atomic E-state index is 12.7. The Morgan fingerprint density at radius 1 is 1.00 bits per heavy atom. The van der Waals surface area contributed by atoms with Crippen LogP contribution < -0.4 is 10.6 Å². The highest BCUT2D eigenvalue weighted by molar-refractivity contribution is 5.87. The highest BCUT2D eigenvalue weighted by Crippen LogP contribution is 2.44. The topological polar surface area (TPSA) is 105 Å². The first-order valence-electron chi connectivity index (χ1n) is 10.7. The third-order valence-electron chi connectivity index (χ3n) is 5.62. The van der Waals surface area contributed by atoms with E-state index >= 15 is 0 Å². The Morgan fingerprint density at radius 3 is 2.03 bits per heavy atom. The summed E-state index contributed by atoms with van der Waals surface area (Å²) in [5, 5.41) is 14.4. The number of hydrogen-bond donors (Lipinski definition) is 3. The van der Waals surface area contributed by atoms with Crippen LogP contribution in [0.2, 0.25) is 0 Å². The van der Waals surface area contributed by atoms with E-state index in [1.165, 1.54) is 0 Å². The van der Waals surface area contributed by atoms with Gasteiger partial charge in [0.1, 0.15) is 12.6 Å². The predicted molar refractivity (Wildman–Crippen MR) is 121 cm³/mol. The van der Waals surface area contributed by atoms with Gasteiger partial charge in [-0.2, -0.15) is 0 Å².